The van der Waals surface area contributed by atoms with Crippen LogP contribution in [0, 0.1) is 11.3 Å². The predicted octanol–water partition coefficient (Wildman–Crippen LogP) is 8.73. The molecule has 1 aliphatic rings. The van der Waals surface area contributed by atoms with Crippen LogP contribution in [-0.2, 0) is 20.0 Å². The van der Waals surface area contributed by atoms with Gasteiger partial charge in [0.2, 0.25) is 0 Å². The Morgan fingerprint density at radius 1 is 1.00 bits per heavy atom. The lowest BCUT2D eigenvalue weighted by Gasteiger charge is -2.35. The van der Waals surface area contributed by atoms with Crippen molar-refractivity contribution in [2.75, 3.05) is 51.1 Å². The van der Waals surface area contributed by atoms with Crippen molar-refractivity contribution in [3.05, 3.63) is 53.6 Å². The van der Waals surface area contributed by atoms with Crippen LogP contribution in [0.5, 0.6) is 11.5 Å². The summed E-state index contributed by atoms with van der Waals surface area (Å²) in [6.07, 6.45) is 6.06. The Bertz CT molecular complexity index is 1080. The molecule has 1 saturated heterocycles. The molecule has 0 aliphatic carbocycles. The fourth-order valence-electron chi connectivity index (χ4n) is 5.43. The van der Waals surface area contributed by atoms with Crippen LogP contribution in [0.15, 0.2) is 42.5 Å². The Labute approximate surface area is 243 Å². The van der Waals surface area contributed by atoms with Crippen molar-refractivity contribution < 1.29 is 23.1 Å². The zero-order chi connectivity index (χ0) is 29.2. The highest BCUT2D eigenvalue weighted by atomic mass is 31.2. The normalized spacial score (nSPS) is 15.7. The molecule has 0 spiro atoms. The van der Waals surface area contributed by atoms with E-state index >= 15 is 0 Å². The molecular weight excluding hydrogens is 521 g/mol. The summed E-state index contributed by atoms with van der Waals surface area (Å²) in [5, 5.41) is 0. The number of rotatable bonds is 15. The van der Waals surface area contributed by atoms with Gasteiger partial charge < -0.3 is 23.4 Å². The number of aryl methyl sites for hydroxylation is 1. The van der Waals surface area contributed by atoms with E-state index in [2.05, 4.69) is 62.9 Å². The molecule has 0 saturated carbocycles. The Balaban J connectivity index is 1.55. The lowest BCUT2D eigenvalue weighted by molar-refractivity contribution is 0.218. The molecule has 0 N–H and O–H groups in total. The molecule has 224 valence electrons. The summed E-state index contributed by atoms with van der Waals surface area (Å²) in [7, 11) is -1.36. The summed E-state index contributed by atoms with van der Waals surface area (Å²) >= 11 is 0. The van der Waals surface area contributed by atoms with Gasteiger partial charge >= 0.3 is 7.60 Å². The summed E-state index contributed by atoms with van der Waals surface area (Å²) < 4.78 is 35.9. The van der Waals surface area contributed by atoms with Crippen molar-refractivity contribution in [1.82, 2.24) is 0 Å². The number of methoxy groups -OCH3 is 1. The molecule has 3 rings (SSSR count). The van der Waals surface area contributed by atoms with Gasteiger partial charge in [0.05, 0.1) is 33.1 Å². The summed E-state index contributed by atoms with van der Waals surface area (Å²) in [6.45, 7) is 16.2. The molecule has 0 aromatic heterocycles. The third-order valence-corrected chi connectivity index (χ3v) is 9.98. The number of nitrogens with zero attached hydrogens (tertiary/aromatic N) is 1. The van der Waals surface area contributed by atoms with Crippen molar-refractivity contribution in [1.29, 1.82) is 0 Å². The van der Waals surface area contributed by atoms with Gasteiger partial charge in [0.15, 0.2) is 0 Å². The average Bonchev–Trinajstić information content (AvgIpc) is 2.92. The minimum Gasteiger partial charge on any atom is -0.497 e. The Hall–Kier alpha value is -2.01. The highest BCUT2D eigenvalue weighted by molar-refractivity contribution is 7.53. The van der Waals surface area contributed by atoms with E-state index in [0.29, 0.717) is 37.3 Å². The molecule has 7 heteroatoms. The zero-order valence-electron chi connectivity index (χ0n) is 25.9. The number of hydrogen-bond acceptors (Lipinski definition) is 6. The first kappa shape index (κ1) is 32.5. The smallest absolute Gasteiger partial charge is 0.331 e. The number of anilines is 1. The lowest BCUT2D eigenvalue weighted by atomic mass is 9.88. The quantitative estimate of drug-likeness (QED) is 0.199. The van der Waals surface area contributed by atoms with Crippen LogP contribution in [-0.4, -0.2) is 46.2 Å². The summed E-state index contributed by atoms with van der Waals surface area (Å²) in [5.74, 6) is 2.34. The topological polar surface area (TPSA) is 57.2 Å². The molecule has 2 aromatic carbocycles. The highest BCUT2D eigenvalue weighted by Gasteiger charge is 2.27. The first-order valence-electron chi connectivity index (χ1n) is 15.1. The second-order valence-corrected chi connectivity index (χ2v) is 14.4. The van der Waals surface area contributed by atoms with E-state index in [9.17, 15) is 4.57 Å². The molecule has 1 atom stereocenters. The molecule has 0 radical (unpaired) electrons. The van der Waals surface area contributed by atoms with Crippen LogP contribution >= 0.6 is 7.60 Å². The van der Waals surface area contributed by atoms with Crippen LogP contribution in [0.2, 0.25) is 0 Å². The van der Waals surface area contributed by atoms with Gasteiger partial charge in [0.25, 0.3) is 0 Å². The van der Waals surface area contributed by atoms with Gasteiger partial charge in [0, 0.05) is 24.8 Å². The second-order valence-electron chi connectivity index (χ2n) is 12.3. The van der Waals surface area contributed by atoms with Gasteiger partial charge in [-0.2, -0.15) is 0 Å². The molecule has 0 amide bonds. The lowest BCUT2D eigenvalue weighted by Crippen LogP contribution is -2.36. The van der Waals surface area contributed by atoms with Crippen LogP contribution in [0.3, 0.4) is 0 Å². The van der Waals surface area contributed by atoms with E-state index in [1.165, 1.54) is 24.1 Å². The van der Waals surface area contributed by atoms with Gasteiger partial charge in [0.1, 0.15) is 11.5 Å². The first-order chi connectivity index (χ1) is 19.1. The minimum absolute atomic E-state index is 0.0381. The maximum absolute atomic E-state index is 13.0. The van der Waals surface area contributed by atoms with Gasteiger partial charge in [-0.05, 0) is 92.5 Å². The van der Waals surface area contributed by atoms with Gasteiger partial charge in [-0.15, -0.1) is 0 Å². The minimum atomic E-state index is -3.10. The summed E-state index contributed by atoms with van der Waals surface area (Å²) in [5.41, 5.74) is 4.19. The summed E-state index contributed by atoms with van der Waals surface area (Å²) in [4.78, 5) is 2.53. The van der Waals surface area contributed by atoms with E-state index in [0.717, 1.165) is 49.4 Å². The maximum Gasteiger partial charge on any atom is 0.331 e. The fraction of sp³-hybridized carbons (Fsp3) is 0.636. The zero-order valence-corrected chi connectivity index (χ0v) is 26.8. The van der Waals surface area contributed by atoms with E-state index in [1.54, 1.807) is 7.11 Å². The van der Waals surface area contributed by atoms with E-state index in [-0.39, 0.29) is 5.92 Å². The number of hydrogen-bond donors (Lipinski definition) is 0. The number of benzene rings is 2. The van der Waals surface area contributed by atoms with E-state index < -0.39 is 7.60 Å². The molecule has 1 aliphatic heterocycles. The van der Waals surface area contributed by atoms with Crippen LogP contribution in [0.25, 0.3) is 0 Å². The largest absolute Gasteiger partial charge is 0.497 e. The monoisotopic (exact) mass is 573 g/mol. The fourth-order valence-corrected chi connectivity index (χ4v) is 7.38. The molecule has 6 nitrogen and oxygen atoms in total. The van der Waals surface area contributed by atoms with Crippen molar-refractivity contribution >= 4 is 13.3 Å². The molecule has 2 aromatic rings. The average molecular weight is 574 g/mol. The van der Waals surface area contributed by atoms with Crippen molar-refractivity contribution in [3.8, 4) is 11.5 Å². The van der Waals surface area contributed by atoms with Gasteiger partial charge in [-0.25, -0.2) is 0 Å². The molecule has 0 unspecified atom stereocenters. The van der Waals surface area contributed by atoms with Crippen LogP contribution in [0.4, 0.5) is 5.69 Å². The van der Waals surface area contributed by atoms with E-state index in [1.807, 2.05) is 26.0 Å². The standard InChI is InChI=1S/C33H52NO5P/c1-8-38-40(35,39-9-2)25-26(3)29-12-10-14-31(22-29)37-24-27-17-20-34(21-18-27)32-23-30(36-7)16-15-28(32)13-11-19-33(4,5)6/h10,12,14-16,22-23,26-27H,8-9,11,13,17-21,24-25H2,1-7H3/t26-/m1/s1. The van der Waals surface area contributed by atoms with Crippen LogP contribution in [0.1, 0.15) is 84.3 Å². The molecule has 40 heavy (non-hydrogen) atoms. The molecule has 1 heterocycles. The Morgan fingerprint density at radius 2 is 1.70 bits per heavy atom. The third kappa shape index (κ3) is 10.1. The maximum atomic E-state index is 13.0. The molecule has 0 bridgehead atoms. The second kappa shape index (κ2) is 15.3. The Kier molecular flexibility index (Phi) is 12.4. The predicted molar refractivity (Wildman–Crippen MR) is 166 cm³/mol. The number of ether oxygens (including phenoxy) is 2. The molecular formula is C33H52NO5P. The van der Waals surface area contributed by atoms with Crippen molar-refractivity contribution in [2.24, 2.45) is 11.3 Å². The first-order valence-corrected chi connectivity index (χ1v) is 16.8. The highest BCUT2D eigenvalue weighted by Crippen LogP contribution is 2.51. The summed E-state index contributed by atoms with van der Waals surface area (Å²) in [6, 6.07) is 14.7. The van der Waals surface area contributed by atoms with Crippen molar-refractivity contribution in [2.45, 2.75) is 79.6 Å². The third-order valence-electron chi connectivity index (χ3n) is 7.68. The Morgan fingerprint density at radius 3 is 2.33 bits per heavy atom. The van der Waals surface area contributed by atoms with Crippen LogP contribution < -0.4 is 14.4 Å². The molecule has 1 fully saturated rings. The van der Waals surface area contributed by atoms with Crippen molar-refractivity contribution in [3.63, 3.8) is 0 Å². The number of piperidine rings is 1. The SMILES string of the molecule is CCOP(=O)(C[C@@H](C)c1cccc(OCC2CCN(c3cc(OC)ccc3CCCC(C)(C)C)CC2)c1)OCC. The van der Waals surface area contributed by atoms with Gasteiger partial charge in [-0.1, -0.05) is 45.9 Å². The van der Waals surface area contributed by atoms with Gasteiger partial charge in [-0.3, -0.25) is 4.57 Å². The van der Waals surface area contributed by atoms with E-state index in [4.69, 9.17) is 18.5 Å².